The minimum atomic E-state index is 0.140. The van der Waals surface area contributed by atoms with Crippen molar-refractivity contribution in [2.24, 2.45) is 4.99 Å². The largest absolute Gasteiger partial charge is 0.357 e. The van der Waals surface area contributed by atoms with E-state index in [0.717, 1.165) is 19.6 Å². The minimum absolute atomic E-state index is 0.140. The second-order valence-corrected chi connectivity index (χ2v) is 4.67. The monoisotopic (exact) mass is 310 g/mol. The molecule has 0 aromatic carbocycles. The highest BCUT2D eigenvalue weighted by Gasteiger charge is 2.09. The van der Waals surface area contributed by atoms with Gasteiger partial charge in [-0.2, -0.15) is 4.98 Å². The van der Waals surface area contributed by atoms with Gasteiger partial charge in [-0.3, -0.25) is 4.79 Å². The van der Waals surface area contributed by atoms with Gasteiger partial charge in [0.25, 0.3) is 0 Å². The number of hydrogen-bond donors (Lipinski definition) is 2. The molecule has 0 saturated carbocycles. The Morgan fingerprint density at radius 2 is 2.00 bits per heavy atom. The van der Waals surface area contributed by atoms with E-state index in [4.69, 9.17) is 4.52 Å². The molecule has 1 heterocycles. The molecule has 2 N–H and O–H groups in total. The number of rotatable bonds is 8. The van der Waals surface area contributed by atoms with Crippen LogP contribution < -0.4 is 10.6 Å². The Hall–Kier alpha value is -2.12. The van der Waals surface area contributed by atoms with Crippen LogP contribution in [0.4, 0.5) is 0 Å². The summed E-state index contributed by atoms with van der Waals surface area (Å²) in [5, 5.41) is 9.97. The second kappa shape index (κ2) is 9.75. The lowest BCUT2D eigenvalue weighted by atomic mass is 10.3. The number of guanidine groups is 1. The average molecular weight is 310 g/mol. The summed E-state index contributed by atoms with van der Waals surface area (Å²) in [7, 11) is 0. The van der Waals surface area contributed by atoms with Crippen LogP contribution in [0.25, 0.3) is 0 Å². The molecule has 1 aromatic heterocycles. The Balaban J connectivity index is 2.45. The lowest BCUT2D eigenvalue weighted by Crippen LogP contribution is -2.40. The Bertz CT molecular complexity index is 481. The highest BCUT2D eigenvalue weighted by Crippen LogP contribution is 1.97. The normalized spacial score (nSPS) is 11.4. The van der Waals surface area contributed by atoms with Crippen molar-refractivity contribution in [1.29, 1.82) is 0 Å². The zero-order chi connectivity index (χ0) is 16.4. The molecule has 0 spiro atoms. The molecule has 0 unspecified atom stereocenters. The van der Waals surface area contributed by atoms with Crippen LogP contribution in [0.2, 0.25) is 0 Å². The first-order valence-electron chi connectivity index (χ1n) is 7.69. The summed E-state index contributed by atoms with van der Waals surface area (Å²) >= 11 is 0. The molecule has 0 radical (unpaired) electrons. The number of amides is 1. The van der Waals surface area contributed by atoms with Gasteiger partial charge < -0.3 is 20.1 Å². The van der Waals surface area contributed by atoms with Crippen LogP contribution in [0.5, 0.6) is 0 Å². The minimum Gasteiger partial charge on any atom is -0.357 e. The fourth-order valence-electron chi connectivity index (χ4n) is 1.91. The highest BCUT2D eigenvalue weighted by molar-refractivity contribution is 5.81. The van der Waals surface area contributed by atoms with Gasteiger partial charge >= 0.3 is 0 Å². The third kappa shape index (κ3) is 6.11. The summed E-state index contributed by atoms with van der Waals surface area (Å²) in [6.07, 6.45) is 0.436. The first kappa shape index (κ1) is 17.9. The van der Waals surface area contributed by atoms with Gasteiger partial charge in [0.1, 0.15) is 6.54 Å². The van der Waals surface area contributed by atoms with Gasteiger partial charge in [-0.25, -0.2) is 4.99 Å². The molecule has 0 aliphatic carbocycles. The van der Waals surface area contributed by atoms with E-state index >= 15 is 0 Å². The van der Waals surface area contributed by atoms with Crippen molar-refractivity contribution >= 4 is 11.9 Å². The van der Waals surface area contributed by atoms with E-state index in [2.05, 4.69) is 25.8 Å². The molecule has 1 amide bonds. The molecule has 0 fully saturated rings. The molecule has 1 rings (SSSR count). The summed E-state index contributed by atoms with van der Waals surface area (Å²) in [4.78, 5) is 22.2. The number of aromatic nitrogens is 2. The van der Waals surface area contributed by atoms with Crippen LogP contribution >= 0.6 is 0 Å². The maximum atomic E-state index is 11.9. The number of nitrogens with zero attached hydrogens (tertiary/aromatic N) is 4. The second-order valence-electron chi connectivity index (χ2n) is 4.67. The van der Waals surface area contributed by atoms with Crippen LogP contribution in [0.3, 0.4) is 0 Å². The van der Waals surface area contributed by atoms with Crippen molar-refractivity contribution in [1.82, 2.24) is 25.7 Å². The van der Waals surface area contributed by atoms with Gasteiger partial charge in [0.15, 0.2) is 11.8 Å². The van der Waals surface area contributed by atoms with Crippen molar-refractivity contribution in [2.45, 2.75) is 40.7 Å². The molecule has 0 aliphatic rings. The topological polar surface area (TPSA) is 95.6 Å². The van der Waals surface area contributed by atoms with E-state index in [1.165, 1.54) is 0 Å². The van der Waals surface area contributed by atoms with Crippen LogP contribution in [0.15, 0.2) is 9.52 Å². The summed E-state index contributed by atoms with van der Waals surface area (Å²) in [6, 6.07) is 0. The summed E-state index contributed by atoms with van der Waals surface area (Å²) < 4.78 is 5.01. The smallest absolute Gasteiger partial charge is 0.248 e. The molecule has 1 aromatic rings. The van der Waals surface area contributed by atoms with Gasteiger partial charge in [-0.05, 0) is 27.7 Å². The predicted octanol–water partition coefficient (Wildman–Crippen LogP) is 0.692. The lowest BCUT2D eigenvalue weighted by Gasteiger charge is -2.19. The van der Waals surface area contributed by atoms with Crippen molar-refractivity contribution in [3.05, 3.63) is 11.7 Å². The molecular formula is C14H26N6O2. The summed E-state index contributed by atoms with van der Waals surface area (Å²) in [6.45, 7) is 10.7. The van der Waals surface area contributed by atoms with Crippen LogP contribution in [0.1, 0.15) is 38.9 Å². The van der Waals surface area contributed by atoms with Crippen molar-refractivity contribution < 1.29 is 9.32 Å². The zero-order valence-electron chi connectivity index (χ0n) is 13.8. The number of aliphatic imine (C=N–C) groups is 1. The maximum Gasteiger partial charge on any atom is 0.248 e. The molecule has 0 atom stereocenters. The van der Waals surface area contributed by atoms with Crippen molar-refractivity contribution in [3.8, 4) is 0 Å². The third-order valence-electron chi connectivity index (χ3n) is 3.03. The maximum absolute atomic E-state index is 11.9. The molecule has 124 valence electrons. The summed E-state index contributed by atoms with van der Waals surface area (Å²) in [5.74, 6) is 1.83. The zero-order valence-corrected chi connectivity index (χ0v) is 13.8. The van der Waals surface area contributed by atoms with Gasteiger partial charge in [-0.1, -0.05) is 5.16 Å². The molecule has 0 saturated heterocycles. The fourth-order valence-corrected chi connectivity index (χ4v) is 1.91. The van der Waals surface area contributed by atoms with Gasteiger partial charge in [0, 0.05) is 32.6 Å². The van der Waals surface area contributed by atoms with Crippen LogP contribution in [-0.2, 0) is 11.3 Å². The third-order valence-corrected chi connectivity index (χ3v) is 3.03. The quantitative estimate of drug-likeness (QED) is 0.542. The standard InChI is InChI=1S/C14H26N6O2/c1-5-15-14(17-10-12-18-11(4)19-22-12)16-9-8-13(21)20(6-2)7-3/h5-10H2,1-4H3,(H2,15,16,17). The molecule has 0 aliphatic heterocycles. The van der Waals surface area contributed by atoms with E-state index in [1.807, 2.05) is 25.7 Å². The van der Waals surface area contributed by atoms with Crippen molar-refractivity contribution in [2.75, 3.05) is 26.2 Å². The number of carbonyl (C=O) groups excluding carboxylic acids is 1. The van der Waals surface area contributed by atoms with E-state index in [-0.39, 0.29) is 5.91 Å². The average Bonchev–Trinajstić information content (AvgIpc) is 2.91. The highest BCUT2D eigenvalue weighted by atomic mass is 16.5. The fraction of sp³-hybridized carbons (Fsp3) is 0.714. The van der Waals surface area contributed by atoms with Crippen molar-refractivity contribution in [3.63, 3.8) is 0 Å². The van der Waals surface area contributed by atoms with E-state index in [1.54, 1.807) is 6.92 Å². The van der Waals surface area contributed by atoms with E-state index in [0.29, 0.717) is 37.2 Å². The molecule has 8 nitrogen and oxygen atoms in total. The number of aryl methyl sites for hydroxylation is 1. The van der Waals surface area contributed by atoms with E-state index < -0.39 is 0 Å². The van der Waals surface area contributed by atoms with Gasteiger partial charge in [0.05, 0.1) is 0 Å². The molecular weight excluding hydrogens is 284 g/mol. The van der Waals surface area contributed by atoms with Gasteiger partial charge in [0.2, 0.25) is 11.8 Å². The first-order valence-corrected chi connectivity index (χ1v) is 7.69. The molecule has 22 heavy (non-hydrogen) atoms. The summed E-state index contributed by atoms with van der Waals surface area (Å²) in [5.41, 5.74) is 0. The molecule has 8 heteroatoms. The number of carbonyl (C=O) groups is 1. The number of nitrogens with one attached hydrogen (secondary N) is 2. The predicted molar refractivity (Wildman–Crippen MR) is 84.4 cm³/mol. The van der Waals surface area contributed by atoms with Gasteiger partial charge in [-0.15, -0.1) is 0 Å². The SMILES string of the molecule is CCNC(=NCc1nc(C)no1)NCCC(=O)N(CC)CC. The Morgan fingerprint density at radius 3 is 2.55 bits per heavy atom. The van der Waals surface area contributed by atoms with Crippen LogP contribution in [0, 0.1) is 6.92 Å². The molecule has 0 bridgehead atoms. The Morgan fingerprint density at radius 1 is 1.27 bits per heavy atom. The number of hydrogen-bond acceptors (Lipinski definition) is 5. The van der Waals surface area contributed by atoms with Crippen LogP contribution in [-0.4, -0.2) is 53.1 Å². The Kier molecular flexibility index (Phi) is 7.95. The lowest BCUT2D eigenvalue weighted by molar-refractivity contribution is -0.130. The Labute approximate surface area is 131 Å². The van der Waals surface area contributed by atoms with E-state index in [9.17, 15) is 4.79 Å². The first-order chi connectivity index (χ1) is 10.6.